The average Bonchev–Trinajstić information content (AvgIpc) is 3.09. The van der Waals surface area contributed by atoms with Crippen molar-refractivity contribution >= 4 is 22.5 Å². The van der Waals surface area contributed by atoms with Gasteiger partial charge in [0.05, 0.1) is 11.1 Å². The van der Waals surface area contributed by atoms with Crippen LogP contribution in [0.2, 0.25) is 5.02 Å². The summed E-state index contributed by atoms with van der Waals surface area (Å²) in [4.78, 5) is 6.08. The van der Waals surface area contributed by atoms with Gasteiger partial charge < -0.3 is 9.72 Å². The van der Waals surface area contributed by atoms with Crippen LogP contribution in [0.1, 0.15) is 37.8 Å². The smallest absolute Gasteiger partial charge is 0.0705 e. The molecule has 2 fully saturated rings. The number of hydrogen-bond donors (Lipinski definition) is 1. The highest BCUT2D eigenvalue weighted by Crippen LogP contribution is 2.46. The predicted octanol–water partition coefficient (Wildman–Crippen LogP) is 4.60. The third kappa shape index (κ3) is 2.69. The van der Waals surface area contributed by atoms with Crippen molar-refractivity contribution in [2.45, 2.75) is 44.8 Å². The first-order valence-electron chi connectivity index (χ1n) is 8.72. The Labute approximate surface area is 143 Å². The lowest BCUT2D eigenvalue weighted by Crippen LogP contribution is -2.47. The van der Waals surface area contributed by atoms with Gasteiger partial charge in [0.2, 0.25) is 0 Å². The summed E-state index contributed by atoms with van der Waals surface area (Å²) in [6.45, 7) is 3.20. The maximum absolute atomic E-state index is 6.60. The van der Waals surface area contributed by atoms with Crippen LogP contribution >= 0.6 is 11.6 Å². The van der Waals surface area contributed by atoms with E-state index in [1.807, 2.05) is 13.2 Å². The molecular weight excluding hydrogens is 308 g/mol. The number of aromatic nitrogens is 1. The number of ether oxygens (including phenoxy) is 1. The van der Waals surface area contributed by atoms with Gasteiger partial charge >= 0.3 is 0 Å². The summed E-state index contributed by atoms with van der Waals surface area (Å²) in [5.74, 6) is 0. The third-order valence-electron chi connectivity index (χ3n) is 5.89. The Kier molecular flexibility index (Phi) is 4.12. The van der Waals surface area contributed by atoms with Crippen LogP contribution in [0.4, 0.5) is 0 Å². The van der Waals surface area contributed by atoms with E-state index in [1.165, 1.54) is 32.1 Å². The first-order valence-corrected chi connectivity index (χ1v) is 9.10. The number of hydrogen-bond acceptors (Lipinski definition) is 2. The van der Waals surface area contributed by atoms with Crippen molar-refractivity contribution in [2.75, 3.05) is 20.2 Å². The van der Waals surface area contributed by atoms with Crippen LogP contribution in [0, 0.1) is 5.41 Å². The van der Waals surface area contributed by atoms with E-state index in [4.69, 9.17) is 16.3 Å². The average molecular weight is 333 g/mol. The lowest BCUT2D eigenvalue weighted by Gasteiger charge is -2.43. The quantitative estimate of drug-likeness (QED) is 0.889. The lowest BCUT2D eigenvalue weighted by atomic mass is 9.76. The number of halogens is 1. The standard InChI is InChI=1S/C19H25ClN2O/c1-23-17-8-4-9-19(17)10-5-11-22(13-19)12-16-18(20)14-6-2-3-7-15(14)21-16/h2-3,6-7,17,21H,4-5,8-13H2,1H3/t17-,19-/m1/s1. The maximum Gasteiger partial charge on any atom is 0.0705 e. The minimum Gasteiger partial charge on any atom is -0.381 e. The number of likely N-dealkylation sites (tertiary alicyclic amines) is 1. The minimum atomic E-state index is 0.367. The van der Waals surface area contributed by atoms with Crippen molar-refractivity contribution in [2.24, 2.45) is 5.41 Å². The second-order valence-electron chi connectivity index (χ2n) is 7.26. The SMILES string of the molecule is CO[C@@H]1CCC[C@]12CCCN(Cc1[nH]c3ccccc3c1Cl)C2. The molecule has 1 aromatic heterocycles. The Morgan fingerprint density at radius 1 is 1.30 bits per heavy atom. The number of H-pyrrole nitrogens is 1. The maximum atomic E-state index is 6.60. The zero-order valence-electron chi connectivity index (χ0n) is 13.8. The molecule has 1 N–H and O–H groups in total. The summed E-state index contributed by atoms with van der Waals surface area (Å²) in [7, 11) is 1.88. The van der Waals surface area contributed by atoms with E-state index in [9.17, 15) is 0 Å². The van der Waals surface area contributed by atoms with Gasteiger partial charge in [-0.1, -0.05) is 36.2 Å². The number of fused-ring (bicyclic) bond motifs is 1. The second kappa shape index (κ2) is 6.12. The van der Waals surface area contributed by atoms with Crippen molar-refractivity contribution in [3.05, 3.63) is 35.0 Å². The molecule has 2 heterocycles. The molecule has 1 spiro atoms. The van der Waals surface area contributed by atoms with Gasteiger partial charge in [0.1, 0.15) is 0 Å². The molecule has 1 aliphatic heterocycles. The van der Waals surface area contributed by atoms with Crippen molar-refractivity contribution in [3.63, 3.8) is 0 Å². The highest BCUT2D eigenvalue weighted by atomic mass is 35.5. The number of rotatable bonds is 3. The Bertz CT molecular complexity index is 698. The Morgan fingerprint density at radius 3 is 2.96 bits per heavy atom. The molecule has 1 saturated heterocycles. The fourth-order valence-electron chi connectivity index (χ4n) is 4.83. The number of nitrogens with one attached hydrogen (secondary N) is 1. The second-order valence-corrected chi connectivity index (χ2v) is 7.63. The van der Waals surface area contributed by atoms with Gasteiger partial charge in [-0.3, -0.25) is 4.90 Å². The Hall–Kier alpha value is -1.03. The first-order chi connectivity index (χ1) is 11.2. The molecular formula is C19H25ClN2O. The van der Waals surface area contributed by atoms with Crippen LogP contribution < -0.4 is 0 Å². The van der Waals surface area contributed by atoms with Gasteiger partial charge in [0.25, 0.3) is 0 Å². The topological polar surface area (TPSA) is 28.3 Å². The number of para-hydroxylation sites is 1. The number of aromatic amines is 1. The number of piperidine rings is 1. The molecule has 4 heteroatoms. The molecule has 0 radical (unpaired) electrons. The molecule has 1 aliphatic carbocycles. The van der Waals surface area contributed by atoms with Gasteiger partial charge in [0.15, 0.2) is 0 Å². The molecule has 23 heavy (non-hydrogen) atoms. The number of nitrogens with zero attached hydrogens (tertiary/aromatic N) is 1. The summed E-state index contributed by atoms with van der Waals surface area (Å²) in [5, 5.41) is 2.02. The van der Waals surface area contributed by atoms with E-state index < -0.39 is 0 Å². The van der Waals surface area contributed by atoms with E-state index in [2.05, 4.69) is 28.1 Å². The lowest BCUT2D eigenvalue weighted by molar-refractivity contribution is -0.0368. The fourth-order valence-corrected chi connectivity index (χ4v) is 5.10. The van der Waals surface area contributed by atoms with Crippen molar-refractivity contribution < 1.29 is 4.74 Å². The monoisotopic (exact) mass is 332 g/mol. The van der Waals surface area contributed by atoms with Crippen LogP contribution in [-0.4, -0.2) is 36.2 Å². The van der Waals surface area contributed by atoms with Crippen LogP contribution in [0.15, 0.2) is 24.3 Å². The molecule has 4 rings (SSSR count). The van der Waals surface area contributed by atoms with E-state index in [0.717, 1.165) is 41.3 Å². The molecule has 2 atom stereocenters. The van der Waals surface area contributed by atoms with Crippen LogP contribution in [0.5, 0.6) is 0 Å². The predicted molar refractivity (Wildman–Crippen MR) is 94.9 cm³/mol. The molecule has 3 nitrogen and oxygen atoms in total. The Morgan fingerprint density at radius 2 is 2.13 bits per heavy atom. The zero-order chi connectivity index (χ0) is 15.9. The zero-order valence-corrected chi connectivity index (χ0v) is 14.5. The highest BCUT2D eigenvalue weighted by molar-refractivity contribution is 6.36. The van der Waals surface area contributed by atoms with Gasteiger partial charge in [-0.2, -0.15) is 0 Å². The largest absolute Gasteiger partial charge is 0.381 e. The molecule has 1 saturated carbocycles. The van der Waals surface area contributed by atoms with Gasteiger partial charge in [-0.15, -0.1) is 0 Å². The fraction of sp³-hybridized carbons (Fsp3) is 0.579. The molecule has 0 bridgehead atoms. The van der Waals surface area contributed by atoms with E-state index in [1.54, 1.807) is 0 Å². The van der Waals surface area contributed by atoms with E-state index >= 15 is 0 Å². The van der Waals surface area contributed by atoms with Crippen molar-refractivity contribution in [1.82, 2.24) is 9.88 Å². The molecule has 2 aromatic rings. The van der Waals surface area contributed by atoms with Gasteiger partial charge in [-0.25, -0.2) is 0 Å². The van der Waals surface area contributed by atoms with E-state index in [-0.39, 0.29) is 0 Å². The minimum absolute atomic E-state index is 0.367. The van der Waals surface area contributed by atoms with Crippen LogP contribution in [0.3, 0.4) is 0 Å². The van der Waals surface area contributed by atoms with Crippen LogP contribution in [-0.2, 0) is 11.3 Å². The summed E-state index contributed by atoms with van der Waals surface area (Å²) in [6.07, 6.45) is 6.84. The molecule has 124 valence electrons. The summed E-state index contributed by atoms with van der Waals surface area (Å²) < 4.78 is 5.81. The van der Waals surface area contributed by atoms with Crippen LogP contribution in [0.25, 0.3) is 10.9 Å². The third-order valence-corrected chi connectivity index (χ3v) is 6.32. The summed E-state index contributed by atoms with van der Waals surface area (Å²) in [6, 6.07) is 8.29. The van der Waals surface area contributed by atoms with Crippen molar-refractivity contribution in [3.8, 4) is 0 Å². The summed E-state index contributed by atoms with van der Waals surface area (Å²) >= 11 is 6.60. The number of benzene rings is 1. The molecule has 0 amide bonds. The van der Waals surface area contributed by atoms with Crippen molar-refractivity contribution in [1.29, 1.82) is 0 Å². The molecule has 0 unspecified atom stereocenters. The molecule has 1 aromatic carbocycles. The number of methoxy groups -OCH3 is 1. The molecule has 2 aliphatic rings. The Balaban J connectivity index is 1.55. The normalized spacial score (nSPS) is 28.9. The van der Waals surface area contributed by atoms with E-state index in [0.29, 0.717) is 11.5 Å². The highest BCUT2D eigenvalue weighted by Gasteiger charge is 2.45. The first kappa shape index (κ1) is 15.5. The van der Waals surface area contributed by atoms with Gasteiger partial charge in [0, 0.05) is 42.2 Å². The van der Waals surface area contributed by atoms with Gasteiger partial charge in [-0.05, 0) is 38.3 Å². The summed E-state index contributed by atoms with van der Waals surface area (Å²) in [5.41, 5.74) is 2.65.